The van der Waals surface area contributed by atoms with Crippen molar-refractivity contribution >= 4 is 6.09 Å². The zero-order valence-electron chi connectivity index (χ0n) is 14.6. The molecule has 5 heteroatoms. The van der Waals surface area contributed by atoms with Crippen molar-refractivity contribution in [2.45, 2.75) is 46.8 Å². The third kappa shape index (κ3) is 6.35. The summed E-state index contributed by atoms with van der Waals surface area (Å²) in [6, 6.07) is 2.20. The van der Waals surface area contributed by atoms with Gasteiger partial charge >= 0.3 is 6.09 Å². The molecule has 0 saturated carbocycles. The first-order valence-electron chi connectivity index (χ1n) is 7.65. The molecule has 1 aromatic heterocycles. The molecular weight excluding hydrogens is 278 g/mol. The topological polar surface area (TPSA) is 55.3 Å². The monoisotopic (exact) mass is 307 g/mol. The second-order valence-electron chi connectivity index (χ2n) is 6.44. The van der Waals surface area contributed by atoms with Gasteiger partial charge in [0.2, 0.25) is 0 Å². The molecule has 0 saturated heterocycles. The van der Waals surface area contributed by atoms with Crippen LogP contribution in [0.15, 0.2) is 18.2 Å². The average molecular weight is 307 g/mol. The van der Waals surface area contributed by atoms with E-state index >= 15 is 0 Å². The molecule has 1 aromatic rings. The van der Waals surface area contributed by atoms with Gasteiger partial charge in [-0.2, -0.15) is 0 Å². The molecular formula is C17H29N3O2. The van der Waals surface area contributed by atoms with Crippen LogP contribution in [0.1, 0.15) is 37.7 Å². The molecule has 0 aromatic carbocycles. The smallest absolute Gasteiger partial charge is 0.407 e. The van der Waals surface area contributed by atoms with Crippen molar-refractivity contribution in [3.05, 3.63) is 35.2 Å². The minimum Gasteiger partial charge on any atom is -0.444 e. The molecule has 0 atom stereocenters. The lowest BCUT2D eigenvalue weighted by Gasteiger charge is -2.19. The van der Waals surface area contributed by atoms with E-state index in [4.69, 9.17) is 4.74 Å². The third-order valence-electron chi connectivity index (χ3n) is 3.39. The Bertz CT molecular complexity index is 525. The van der Waals surface area contributed by atoms with Gasteiger partial charge in [-0.05, 0) is 46.2 Å². The number of alkyl carbamates (subject to hydrolysis) is 1. The zero-order valence-corrected chi connectivity index (χ0v) is 14.6. The molecule has 0 aliphatic rings. The van der Waals surface area contributed by atoms with Gasteiger partial charge in [0.15, 0.2) is 0 Å². The van der Waals surface area contributed by atoms with Crippen molar-refractivity contribution in [2.75, 3.05) is 13.1 Å². The summed E-state index contributed by atoms with van der Waals surface area (Å²) in [6.45, 7) is 11.9. The Labute approximate surface area is 133 Å². The van der Waals surface area contributed by atoms with Crippen molar-refractivity contribution in [3.8, 4) is 0 Å². The van der Waals surface area contributed by atoms with E-state index in [-0.39, 0.29) is 6.09 Å². The number of hydrogen-bond acceptors (Lipinski definition) is 3. The molecule has 0 spiro atoms. The lowest BCUT2D eigenvalue weighted by molar-refractivity contribution is 0.0534. The van der Waals surface area contributed by atoms with Crippen molar-refractivity contribution in [1.29, 1.82) is 0 Å². The summed E-state index contributed by atoms with van der Waals surface area (Å²) in [7, 11) is 2.08. The highest BCUT2D eigenvalue weighted by Gasteiger charge is 2.14. The maximum absolute atomic E-state index is 11.4. The fraction of sp³-hybridized carbons (Fsp3) is 0.588. The quantitative estimate of drug-likeness (QED) is 0.627. The van der Waals surface area contributed by atoms with Gasteiger partial charge in [0, 0.05) is 38.1 Å². The molecule has 1 rings (SSSR count). The Morgan fingerprint density at radius 3 is 2.45 bits per heavy atom. The van der Waals surface area contributed by atoms with Crippen LogP contribution >= 0.6 is 0 Å². The van der Waals surface area contributed by atoms with Gasteiger partial charge in [0.1, 0.15) is 5.60 Å². The van der Waals surface area contributed by atoms with Crippen LogP contribution in [0.5, 0.6) is 0 Å². The fourth-order valence-corrected chi connectivity index (χ4v) is 2.03. The van der Waals surface area contributed by atoms with E-state index < -0.39 is 5.60 Å². The first-order valence-corrected chi connectivity index (χ1v) is 7.65. The largest absolute Gasteiger partial charge is 0.444 e. The van der Waals surface area contributed by atoms with Crippen LogP contribution in [0.2, 0.25) is 0 Å². The maximum Gasteiger partial charge on any atom is 0.407 e. The van der Waals surface area contributed by atoms with Crippen molar-refractivity contribution in [1.82, 2.24) is 15.2 Å². The molecule has 0 aliphatic carbocycles. The number of carbonyl (C=O) groups is 1. The van der Waals surface area contributed by atoms with Crippen molar-refractivity contribution in [2.24, 2.45) is 7.05 Å². The Morgan fingerprint density at radius 1 is 1.27 bits per heavy atom. The number of rotatable bonds is 6. The first kappa shape index (κ1) is 18.3. The van der Waals surface area contributed by atoms with Crippen LogP contribution in [0.3, 0.4) is 0 Å². The second-order valence-corrected chi connectivity index (χ2v) is 6.44. The molecule has 5 nitrogen and oxygen atoms in total. The average Bonchev–Trinajstić information content (AvgIpc) is 2.63. The highest BCUT2D eigenvalue weighted by Crippen LogP contribution is 2.12. The molecule has 0 bridgehead atoms. The third-order valence-corrected chi connectivity index (χ3v) is 3.39. The second kappa shape index (κ2) is 8.03. The number of nitrogens with zero attached hydrogens (tertiary/aromatic N) is 1. The fourth-order valence-electron chi connectivity index (χ4n) is 2.03. The lowest BCUT2D eigenvalue weighted by Crippen LogP contribution is -2.32. The van der Waals surface area contributed by atoms with Crippen LogP contribution in [0.4, 0.5) is 4.79 Å². The van der Waals surface area contributed by atoms with E-state index in [2.05, 4.69) is 42.2 Å². The number of carbonyl (C=O) groups excluding carboxylic acids is 1. The molecule has 0 aliphatic heterocycles. The number of nitrogens with one attached hydrogen (secondary N) is 2. The van der Waals surface area contributed by atoms with Gasteiger partial charge in [0.25, 0.3) is 0 Å². The van der Waals surface area contributed by atoms with Gasteiger partial charge in [-0.3, -0.25) is 0 Å². The molecule has 0 unspecified atom stereocenters. The highest BCUT2D eigenvalue weighted by molar-refractivity contribution is 5.67. The number of amides is 1. The van der Waals surface area contributed by atoms with Crippen LogP contribution in [0.25, 0.3) is 0 Å². The van der Waals surface area contributed by atoms with E-state index in [9.17, 15) is 4.79 Å². The molecule has 1 amide bonds. The molecule has 2 N–H and O–H groups in total. The SMILES string of the molecule is Cc1cc(CNC/C=C/CNC(=O)OC(C)(C)C)c(C)n1C. The Hall–Kier alpha value is -1.75. The summed E-state index contributed by atoms with van der Waals surface area (Å²) in [6.07, 6.45) is 3.53. The van der Waals surface area contributed by atoms with Gasteiger partial charge in [-0.25, -0.2) is 4.79 Å². The minimum atomic E-state index is -0.457. The summed E-state index contributed by atoms with van der Waals surface area (Å²) >= 11 is 0. The highest BCUT2D eigenvalue weighted by atomic mass is 16.6. The molecule has 0 radical (unpaired) electrons. The van der Waals surface area contributed by atoms with Gasteiger partial charge in [-0.1, -0.05) is 12.2 Å². The minimum absolute atomic E-state index is 0.388. The number of aromatic nitrogens is 1. The van der Waals surface area contributed by atoms with E-state index in [0.29, 0.717) is 6.54 Å². The summed E-state index contributed by atoms with van der Waals surface area (Å²) in [5.41, 5.74) is 3.42. The summed E-state index contributed by atoms with van der Waals surface area (Å²) in [5, 5.41) is 6.05. The molecule has 1 heterocycles. The zero-order chi connectivity index (χ0) is 16.8. The Balaban J connectivity index is 2.19. The lowest BCUT2D eigenvalue weighted by atomic mass is 10.2. The Kier molecular flexibility index (Phi) is 6.68. The van der Waals surface area contributed by atoms with Gasteiger partial charge < -0.3 is 19.9 Å². The van der Waals surface area contributed by atoms with Crippen molar-refractivity contribution < 1.29 is 9.53 Å². The van der Waals surface area contributed by atoms with Crippen LogP contribution < -0.4 is 10.6 Å². The van der Waals surface area contributed by atoms with E-state index in [1.807, 2.05) is 32.9 Å². The van der Waals surface area contributed by atoms with Crippen LogP contribution in [0, 0.1) is 13.8 Å². The van der Waals surface area contributed by atoms with E-state index in [1.54, 1.807) is 0 Å². The van der Waals surface area contributed by atoms with Crippen LogP contribution in [-0.2, 0) is 18.3 Å². The Morgan fingerprint density at radius 2 is 1.91 bits per heavy atom. The predicted octanol–water partition coefficient (Wildman–Crippen LogP) is 2.81. The maximum atomic E-state index is 11.4. The normalized spacial score (nSPS) is 11.9. The van der Waals surface area contributed by atoms with Gasteiger partial charge in [0.05, 0.1) is 0 Å². The van der Waals surface area contributed by atoms with E-state index in [0.717, 1.165) is 13.1 Å². The molecule has 124 valence electrons. The summed E-state index contributed by atoms with van der Waals surface area (Å²) in [4.78, 5) is 11.4. The predicted molar refractivity (Wildman–Crippen MR) is 90.0 cm³/mol. The number of hydrogen-bond donors (Lipinski definition) is 2. The number of aryl methyl sites for hydroxylation is 1. The van der Waals surface area contributed by atoms with E-state index in [1.165, 1.54) is 17.0 Å². The van der Waals surface area contributed by atoms with Gasteiger partial charge in [-0.15, -0.1) is 0 Å². The summed E-state index contributed by atoms with van der Waals surface area (Å²) < 4.78 is 7.34. The first-order chi connectivity index (χ1) is 10.2. The standard InChI is InChI=1S/C17H29N3O2/c1-13-11-15(14(2)20(13)6)12-18-9-7-8-10-19-16(21)22-17(3,4)5/h7-8,11,18H,9-10,12H2,1-6H3,(H,19,21)/b8-7+. The van der Waals surface area contributed by atoms with Crippen LogP contribution in [-0.4, -0.2) is 29.4 Å². The summed E-state index contributed by atoms with van der Waals surface area (Å²) in [5.74, 6) is 0. The molecule has 22 heavy (non-hydrogen) atoms. The number of ether oxygens (including phenoxy) is 1. The van der Waals surface area contributed by atoms with Crippen molar-refractivity contribution in [3.63, 3.8) is 0 Å². The molecule has 0 fully saturated rings.